The van der Waals surface area contributed by atoms with Crippen LogP contribution in [0.5, 0.6) is 0 Å². The van der Waals surface area contributed by atoms with Gasteiger partial charge in [-0.05, 0) is 30.9 Å². The van der Waals surface area contributed by atoms with Crippen molar-refractivity contribution in [2.24, 2.45) is 0 Å². The van der Waals surface area contributed by atoms with E-state index in [0.29, 0.717) is 6.61 Å². The van der Waals surface area contributed by atoms with Crippen LogP contribution in [-0.4, -0.2) is 36.6 Å². The average Bonchev–Trinajstić information content (AvgIpc) is 2.82. The molecule has 1 aromatic rings. The summed E-state index contributed by atoms with van der Waals surface area (Å²) in [5.74, 6) is 0.189. The van der Waals surface area contributed by atoms with Crippen LogP contribution in [0.2, 0.25) is 0 Å². The Bertz CT molecular complexity index is 489. The Kier molecular flexibility index (Phi) is 5.37. The minimum atomic E-state index is -0.0967. The van der Waals surface area contributed by atoms with E-state index in [4.69, 9.17) is 4.74 Å². The van der Waals surface area contributed by atoms with Gasteiger partial charge in [-0.3, -0.25) is 10.1 Å². The van der Waals surface area contributed by atoms with Gasteiger partial charge in [0.2, 0.25) is 5.91 Å². The zero-order valence-corrected chi connectivity index (χ0v) is 13.4. The summed E-state index contributed by atoms with van der Waals surface area (Å²) in [7, 11) is 1.69. The van der Waals surface area contributed by atoms with Gasteiger partial charge in [0, 0.05) is 7.11 Å². The molecule has 1 aromatic carbocycles. The second kappa shape index (κ2) is 7.05. The molecule has 4 nitrogen and oxygen atoms in total. The summed E-state index contributed by atoms with van der Waals surface area (Å²) in [6.45, 7) is 6.81. The van der Waals surface area contributed by atoms with Gasteiger partial charge in [0.25, 0.3) is 0 Å². The number of benzene rings is 1. The number of aryl methyl sites for hydroxylation is 1. The maximum Gasteiger partial charge on any atom is 0.241 e. The molecule has 1 aliphatic heterocycles. The zero-order valence-electron chi connectivity index (χ0n) is 13.4. The average molecular weight is 290 g/mol. The molecule has 4 heteroatoms. The van der Waals surface area contributed by atoms with E-state index < -0.39 is 0 Å². The number of hydrogen-bond donors (Lipinski definition) is 1. The van der Waals surface area contributed by atoms with Gasteiger partial charge >= 0.3 is 0 Å². The first-order valence-electron chi connectivity index (χ1n) is 7.76. The zero-order chi connectivity index (χ0) is 15.4. The molecule has 1 amide bonds. The van der Waals surface area contributed by atoms with Gasteiger partial charge in [-0.1, -0.05) is 38.1 Å². The minimum absolute atomic E-state index is 0.0521. The van der Waals surface area contributed by atoms with Gasteiger partial charge in [-0.25, -0.2) is 0 Å². The first-order valence-corrected chi connectivity index (χ1v) is 7.76. The summed E-state index contributed by atoms with van der Waals surface area (Å²) in [6.07, 6.45) is 1.64. The van der Waals surface area contributed by atoms with Crippen LogP contribution in [0, 0.1) is 6.92 Å². The third-order valence-corrected chi connectivity index (χ3v) is 4.30. The number of ether oxygens (including phenoxy) is 1. The Morgan fingerprint density at radius 1 is 1.33 bits per heavy atom. The van der Waals surface area contributed by atoms with Crippen LogP contribution in [0.1, 0.15) is 44.0 Å². The van der Waals surface area contributed by atoms with Gasteiger partial charge in [-0.15, -0.1) is 0 Å². The highest BCUT2D eigenvalue weighted by atomic mass is 16.5. The topological polar surface area (TPSA) is 41.6 Å². The summed E-state index contributed by atoms with van der Waals surface area (Å²) in [5.41, 5.74) is 2.38. The molecule has 1 heterocycles. The molecule has 1 N–H and O–H groups in total. The second-order valence-electron chi connectivity index (χ2n) is 5.65. The summed E-state index contributed by atoms with van der Waals surface area (Å²) in [4.78, 5) is 14.7. The van der Waals surface area contributed by atoms with E-state index in [1.54, 1.807) is 7.11 Å². The number of methoxy groups -OCH3 is 1. The summed E-state index contributed by atoms with van der Waals surface area (Å²) >= 11 is 0. The Balaban J connectivity index is 2.37. The molecule has 0 saturated carbocycles. The van der Waals surface area contributed by atoms with Gasteiger partial charge < -0.3 is 9.64 Å². The molecule has 3 atom stereocenters. The van der Waals surface area contributed by atoms with Crippen LogP contribution < -0.4 is 5.32 Å². The van der Waals surface area contributed by atoms with E-state index in [2.05, 4.69) is 31.3 Å². The molecule has 0 radical (unpaired) electrons. The summed E-state index contributed by atoms with van der Waals surface area (Å²) in [5, 5.41) is 3.49. The first kappa shape index (κ1) is 16.0. The Labute approximate surface area is 127 Å². The van der Waals surface area contributed by atoms with Crippen LogP contribution in [0.25, 0.3) is 0 Å². The third-order valence-electron chi connectivity index (χ3n) is 4.30. The van der Waals surface area contributed by atoms with Crippen LogP contribution in [0.15, 0.2) is 24.3 Å². The van der Waals surface area contributed by atoms with E-state index in [9.17, 15) is 4.79 Å². The van der Waals surface area contributed by atoms with E-state index >= 15 is 0 Å². The van der Waals surface area contributed by atoms with Crippen LogP contribution >= 0.6 is 0 Å². The molecule has 116 valence electrons. The van der Waals surface area contributed by atoms with Crippen molar-refractivity contribution in [1.29, 1.82) is 0 Å². The highest BCUT2D eigenvalue weighted by Gasteiger charge is 2.42. The minimum Gasteiger partial charge on any atom is -0.383 e. The maximum atomic E-state index is 12.7. The molecule has 1 saturated heterocycles. The van der Waals surface area contributed by atoms with Gasteiger partial charge in [-0.2, -0.15) is 0 Å². The van der Waals surface area contributed by atoms with E-state index in [1.165, 1.54) is 11.1 Å². The smallest absolute Gasteiger partial charge is 0.241 e. The second-order valence-corrected chi connectivity index (χ2v) is 5.65. The highest BCUT2D eigenvalue weighted by Crippen LogP contribution is 2.31. The van der Waals surface area contributed by atoms with E-state index in [0.717, 1.165) is 12.8 Å². The van der Waals surface area contributed by atoms with E-state index in [1.807, 2.05) is 24.0 Å². The monoisotopic (exact) mass is 290 g/mol. The molecular weight excluding hydrogens is 264 g/mol. The lowest BCUT2D eigenvalue weighted by atomic mass is 10.0. The fourth-order valence-electron chi connectivity index (χ4n) is 3.05. The maximum absolute atomic E-state index is 12.7. The molecule has 2 rings (SSSR count). The summed E-state index contributed by atoms with van der Waals surface area (Å²) < 4.78 is 5.32. The first-order chi connectivity index (χ1) is 10.1. The van der Waals surface area contributed by atoms with Crippen LogP contribution in [-0.2, 0) is 9.53 Å². The number of nitrogens with one attached hydrogen (secondary N) is 1. The van der Waals surface area contributed by atoms with Gasteiger partial charge in [0.05, 0.1) is 18.7 Å². The number of carbonyl (C=O) groups excluding carboxylic acids is 1. The lowest BCUT2D eigenvalue weighted by molar-refractivity contribution is -0.133. The lowest BCUT2D eigenvalue weighted by Gasteiger charge is -2.32. The fourth-order valence-corrected chi connectivity index (χ4v) is 3.05. The van der Waals surface area contributed by atoms with Crippen molar-refractivity contribution in [3.63, 3.8) is 0 Å². The SMILES string of the molecule is CCC1NC(c2ccccc2C)N(C(CC)COC)C1=O. The van der Waals surface area contributed by atoms with Crippen LogP contribution in [0.4, 0.5) is 0 Å². The number of amides is 1. The molecular formula is C17H26N2O2. The van der Waals surface area contributed by atoms with Crippen molar-refractivity contribution in [2.75, 3.05) is 13.7 Å². The molecule has 1 fully saturated rings. The number of rotatable bonds is 6. The van der Waals surface area contributed by atoms with Crippen molar-refractivity contribution in [3.8, 4) is 0 Å². The molecule has 0 aromatic heterocycles. The number of hydrogen-bond acceptors (Lipinski definition) is 3. The van der Waals surface area contributed by atoms with Crippen LogP contribution in [0.3, 0.4) is 0 Å². The predicted octanol–water partition coefficient (Wildman–Crippen LogP) is 2.63. The normalized spacial score (nSPS) is 23.6. The van der Waals surface area contributed by atoms with Crippen molar-refractivity contribution in [1.82, 2.24) is 10.2 Å². The number of carbonyl (C=O) groups is 1. The standard InChI is InChI=1S/C17H26N2O2/c1-5-13(11-21-4)19-16(18-15(6-2)17(19)20)14-10-8-7-9-12(14)3/h7-10,13,15-16,18H,5-6,11H2,1-4H3. The molecule has 3 unspecified atom stereocenters. The van der Waals surface area contributed by atoms with Gasteiger partial charge in [0.15, 0.2) is 0 Å². The third kappa shape index (κ3) is 3.11. The Hall–Kier alpha value is -1.39. The Morgan fingerprint density at radius 3 is 2.62 bits per heavy atom. The molecule has 1 aliphatic rings. The highest BCUT2D eigenvalue weighted by molar-refractivity contribution is 5.85. The fraction of sp³-hybridized carbons (Fsp3) is 0.588. The van der Waals surface area contributed by atoms with Crippen molar-refractivity contribution in [3.05, 3.63) is 35.4 Å². The van der Waals surface area contributed by atoms with Crippen molar-refractivity contribution < 1.29 is 9.53 Å². The molecule has 0 bridgehead atoms. The van der Waals surface area contributed by atoms with E-state index in [-0.39, 0.29) is 24.2 Å². The molecule has 0 spiro atoms. The molecule has 0 aliphatic carbocycles. The predicted molar refractivity (Wildman–Crippen MR) is 83.9 cm³/mol. The van der Waals surface area contributed by atoms with Crippen molar-refractivity contribution >= 4 is 5.91 Å². The Morgan fingerprint density at radius 2 is 2.05 bits per heavy atom. The summed E-state index contributed by atoms with van der Waals surface area (Å²) in [6, 6.07) is 8.27. The largest absolute Gasteiger partial charge is 0.383 e. The lowest BCUT2D eigenvalue weighted by Crippen LogP contribution is -2.42. The molecule has 21 heavy (non-hydrogen) atoms. The van der Waals surface area contributed by atoms with Crippen molar-refractivity contribution in [2.45, 2.75) is 51.9 Å². The number of nitrogens with zero attached hydrogens (tertiary/aromatic N) is 1. The van der Waals surface area contributed by atoms with Gasteiger partial charge in [0.1, 0.15) is 6.17 Å². The quantitative estimate of drug-likeness (QED) is 0.875.